The molecule has 0 aliphatic rings. The van der Waals surface area contributed by atoms with Crippen molar-refractivity contribution in [2.45, 2.75) is 24.8 Å². The molecule has 0 aromatic heterocycles. The van der Waals surface area contributed by atoms with Gasteiger partial charge >= 0.3 is 5.97 Å². The number of benzene rings is 2. The second-order valence-electron chi connectivity index (χ2n) is 5.97. The first-order valence-electron chi connectivity index (χ1n) is 8.10. The van der Waals surface area contributed by atoms with Crippen molar-refractivity contribution in [3.8, 4) is 5.75 Å². The zero-order valence-corrected chi connectivity index (χ0v) is 16.0. The molecule has 0 aliphatic heterocycles. The molecule has 0 saturated carbocycles. The molecule has 26 heavy (non-hydrogen) atoms. The maximum absolute atomic E-state index is 12.8. The van der Waals surface area contributed by atoms with E-state index in [9.17, 15) is 13.2 Å². The lowest BCUT2D eigenvalue weighted by molar-refractivity contribution is -0.145. The predicted octanol–water partition coefficient (Wildman–Crippen LogP) is 2.83. The normalized spacial score (nSPS) is 13.7. The first-order valence-corrected chi connectivity index (χ1v) is 9.58. The minimum absolute atomic E-state index is 0.125. The zero-order valence-electron chi connectivity index (χ0n) is 15.2. The Hall–Kier alpha value is -2.38. The van der Waals surface area contributed by atoms with Crippen LogP contribution in [0.2, 0.25) is 0 Å². The van der Waals surface area contributed by atoms with E-state index in [1.54, 1.807) is 43.3 Å². The Morgan fingerprint density at radius 1 is 1.04 bits per heavy atom. The molecule has 2 atom stereocenters. The topological polar surface area (TPSA) is 81.7 Å². The van der Waals surface area contributed by atoms with E-state index in [1.807, 2.05) is 6.92 Å². The van der Waals surface area contributed by atoms with Gasteiger partial charge in [-0.25, -0.2) is 13.1 Å². The lowest BCUT2D eigenvalue weighted by Gasteiger charge is -2.25. The Balaban J connectivity index is 2.47. The first-order chi connectivity index (χ1) is 12.3. The summed E-state index contributed by atoms with van der Waals surface area (Å²) in [5.41, 5.74) is 1.51. The molecule has 2 rings (SSSR count). The number of sulfonamides is 1. The largest absolute Gasteiger partial charge is 0.496 e. The molecular formula is C19H23NO5S. The average molecular weight is 377 g/mol. The Labute approximate surface area is 154 Å². The zero-order chi connectivity index (χ0) is 19.3. The molecule has 2 aromatic carbocycles. The van der Waals surface area contributed by atoms with Gasteiger partial charge in [0, 0.05) is 5.56 Å². The second-order valence-corrected chi connectivity index (χ2v) is 7.68. The fourth-order valence-electron chi connectivity index (χ4n) is 2.63. The van der Waals surface area contributed by atoms with Crippen molar-refractivity contribution in [2.75, 3.05) is 14.2 Å². The monoisotopic (exact) mass is 377 g/mol. The molecule has 0 spiro atoms. The fraction of sp³-hybridized carbons (Fsp3) is 0.316. The summed E-state index contributed by atoms with van der Waals surface area (Å²) in [5, 5.41) is 0. The molecule has 0 heterocycles. The highest BCUT2D eigenvalue weighted by Gasteiger charge is 2.32. The van der Waals surface area contributed by atoms with Gasteiger partial charge in [0.1, 0.15) is 5.75 Å². The van der Waals surface area contributed by atoms with E-state index in [1.165, 1.54) is 26.4 Å². The molecule has 0 fully saturated rings. The summed E-state index contributed by atoms with van der Waals surface area (Å²) in [7, 11) is -1.09. The van der Waals surface area contributed by atoms with Gasteiger partial charge in [-0.1, -0.05) is 42.8 Å². The van der Waals surface area contributed by atoms with Crippen LogP contribution in [0.5, 0.6) is 5.75 Å². The molecule has 0 amide bonds. The first kappa shape index (κ1) is 19.9. The molecule has 0 aliphatic carbocycles. The van der Waals surface area contributed by atoms with Crippen LogP contribution in [0.1, 0.15) is 24.1 Å². The van der Waals surface area contributed by atoms with Crippen molar-refractivity contribution in [2.24, 2.45) is 5.92 Å². The van der Waals surface area contributed by atoms with Crippen LogP contribution < -0.4 is 9.46 Å². The molecule has 140 valence electrons. The highest BCUT2D eigenvalue weighted by Crippen LogP contribution is 2.32. The van der Waals surface area contributed by atoms with Crippen LogP contribution in [0.4, 0.5) is 0 Å². The molecule has 0 bridgehead atoms. The number of aryl methyl sites for hydroxylation is 1. The number of nitrogens with one attached hydrogen (secondary N) is 1. The Morgan fingerprint density at radius 2 is 1.65 bits per heavy atom. The van der Waals surface area contributed by atoms with Crippen LogP contribution in [0.15, 0.2) is 53.4 Å². The predicted molar refractivity (Wildman–Crippen MR) is 98.4 cm³/mol. The van der Waals surface area contributed by atoms with Crippen molar-refractivity contribution in [1.29, 1.82) is 0 Å². The average Bonchev–Trinajstić information content (AvgIpc) is 2.65. The van der Waals surface area contributed by atoms with E-state index in [2.05, 4.69) is 4.72 Å². The van der Waals surface area contributed by atoms with Crippen LogP contribution in [0, 0.1) is 12.8 Å². The van der Waals surface area contributed by atoms with Gasteiger partial charge in [-0.3, -0.25) is 4.79 Å². The highest BCUT2D eigenvalue weighted by atomic mass is 32.2. The van der Waals surface area contributed by atoms with Gasteiger partial charge in [0.25, 0.3) is 0 Å². The third kappa shape index (κ3) is 4.42. The number of esters is 1. The van der Waals surface area contributed by atoms with E-state index in [4.69, 9.17) is 9.47 Å². The van der Waals surface area contributed by atoms with Crippen LogP contribution >= 0.6 is 0 Å². The van der Waals surface area contributed by atoms with Gasteiger partial charge in [0.2, 0.25) is 10.0 Å². The summed E-state index contributed by atoms with van der Waals surface area (Å²) in [6, 6.07) is 12.6. The van der Waals surface area contributed by atoms with Gasteiger partial charge < -0.3 is 9.47 Å². The number of rotatable bonds is 7. The van der Waals surface area contributed by atoms with Crippen LogP contribution in [-0.2, 0) is 19.6 Å². The van der Waals surface area contributed by atoms with Gasteiger partial charge in [0.05, 0.1) is 31.1 Å². The van der Waals surface area contributed by atoms with Crippen LogP contribution in [-0.4, -0.2) is 28.6 Å². The molecule has 2 unspecified atom stereocenters. The van der Waals surface area contributed by atoms with Crippen molar-refractivity contribution < 1.29 is 22.7 Å². The van der Waals surface area contributed by atoms with E-state index < -0.39 is 28.0 Å². The Morgan fingerprint density at radius 3 is 2.23 bits per heavy atom. The number of ether oxygens (including phenoxy) is 2. The number of para-hydroxylation sites is 1. The Bertz CT molecular complexity index is 862. The number of hydrogen-bond donors (Lipinski definition) is 1. The van der Waals surface area contributed by atoms with E-state index in [-0.39, 0.29) is 4.90 Å². The van der Waals surface area contributed by atoms with E-state index in [0.29, 0.717) is 11.3 Å². The number of hydrogen-bond acceptors (Lipinski definition) is 5. The number of methoxy groups -OCH3 is 2. The molecule has 7 heteroatoms. The fourth-order valence-corrected chi connectivity index (χ4v) is 3.93. The van der Waals surface area contributed by atoms with Crippen molar-refractivity contribution in [1.82, 2.24) is 4.72 Å². The van der Waals surface area contributed by atoms with E-state index in [0.717, 1.165) is 5.56 Å². The molecular weight excluding hydrogens is 354 g/mol. The van der Waals surface area contributed by atoms with Gasteiger partial charge in [-0.2, -0.15) is 0 Å². The van der Waals surface area contributed by atoms with E-state index >= 15 is 0 Å². The smallest absolute Gasteiger partial charge is 0.310 e. The molecule has 0 saturated heterocycles. The quantitative estimate of drug-likeness (QED) is 0.751. The summed E-state index contributed by atoms with van der Waals surface area (Å²) in [4.78, 5) is 12.2. The lowest BCUT2D eigenvalue weighted by Crippen LogP contribution is -2.36. The second kappa shape index (κ2) is 8.33. The van der Waals surface area contributed by atoms with Crippen LogP contribution in [0.25, 0.3) is 0 Å². The van der Waals surface area contributed by atoms with Crippen molar-refractivity contribution in [3.63, 3.8) is 0 Å². The third-order valence-corrected chi connectivity index (χ3v) is 5.62. The van der Waals surface area contributed by atoms with Crippen molar-refractivity contribution >= 4 is 16.0 Å². The molecule has 0 radical (unpaired) electrons. The number of carbonyl (C=O) groups is 1. The van der Waals surface area contributed by atoms with Crippen molar-refractivity contribution in [3.05, 3.63) is 59.7 Å². The maximum Gasteiger partial charge on any atom is 0.310 e. The lowest BCUT2D eigenvalue weighted by atomic mass is 9.95. The summed E-state index contributed by atoms with van der Waals surface area (Å²) in [5.74, 6) is -0.788. The van der Waals surface area contributed by atoms with Gasteiger partial charge in [0.15, 0.2) is 0 Å². The SMILES string of the molecule is COC(=O)C(C)C(NS(=O)(=O)c1ccc(C)cc1)c1ccccc1OC. The Kier molecular flexibility index (Phi) is 6.39. The molecule has 1 N–H and O–H groups in total. The van der Waals surface area contributed by atoms with Gasteiger partial charge in [-0.15, -0.1) is 0 Å². The van der Waals surface area contributed by atoms with Gasteiger partial charge in [-0.05, 0) is 25.1 Å². The van der Waals surface area contributed by atoms with Crippen LogP contribution in [0.3, 0.4) is 0 Å². The minimum atomic E-state index is -3.85. The molecule has 2 aromatic rings. The molecule has 6 nitrogen and oxygen atoms in total. The number of carbonyl (C=O) groups excluding carboxylic acids is 1. The highest BCUT2D eigenvalue weighted by molar-refractivity contribution is 7.89. The minimum Gasteiger partial charge on any atom is -0.496 e. The summed E-state index contributed by atoms with van der Waals surface area (Å²) < 4.78 is 38.5. The maximum atomic E-state index is 12.8. The summed E-state index contributed by atoms with van der Waals surface area (Å²) in [6.07, 6.45) is 0. The summed E-state index contributed by atoms with van der Waals surface area (Å²) in [6.45, 7) is 3.49. The third-order valence-electron chi connectivity index (χ3n) is 4.16. The standard InChI is InChI=1S/C19H23NO5S/c1-13-9-11-15(12-10-13)26(22,23)20-18(14(2)19(21)25-4)16-7-5-6-8-17(16)24-3/h5-12,14,18,20H,1-4H3. The summed E-state index contributed by atoms with van der Waals surface area (Å²) >= 11 is 0.